The molecule has 1 aliphatic rings. The van der Waals surface area contributed by atoms with E-state index >= 15 is 0 Å². The number of nitrogens with one attached hydrogen (secondary N) is 1. The first-order chi connectivity index (χ1) is 14.8. The van der Waals surface area contributed by atoms with Crippen molar-refractivity contribution in [2.45, 2.75) is 33.2 Å². The normalized spacial score (nSPS) is 15.1. The Morgan fingerprint density at radius 1 is 1.26 bits per heavy atom. The number of pyridine rings is 1. The van der Waals surface area contributed by atoms with Gasteiger partial charge in [-0.3, -0.25) is 19.1 Å². The summed E-state index contributed by atoms with van der Waals surface area (Å²) in [6.45, 7) is 6.15. The lowest BCUT2D eigenvalue weighted by Gasteiger charge is -2.19. The third-order valence-electron chi connectivity index (χ3n) is 5.16. The van der Waals surface area contributed by atoms with Gasteiger partial charge in [0, 0.05) is 25.2 Å². The van der Waals surface area contributed by atoms with Crippen LogP contribution < -0.4 is 10.9 Å². The number of benzene rings is 1. The Hall–Kier alpha value is -2.89. The van der Waals surface area contributed by atoms with E-state index in [9.17, 15) is 14.9 Å². The summed E-state index contributed by atoms with van der Waals surface area (Å²) in [6, 6.07) is 12.0. The average Bonchev–Trinajstić information content (AvgIpc) is 3.02. The summed E-state index contributed by atoms with van der Waals surface area (Å²) in [6.07, 6.45) is 2.51. The molecule has 160 valence electrons. The maximum Gasteiger partial charge on any atom is 0.270 e. The molecule has 31 heavy (non-hydrogen) atoms. The van der Waals surface area contributed by atoms with Gasteiger partial charge in [0.1, 0.15) is 21.8 Å². The number of aromatic nitrogens is 1. The standard InChI is InChI=1S/C23H24N4O2S2/c1-14(2)27-22(29)19(31-23(27)30)12-17-15(3)18(13-24)21(28)26(4)20(17)25-11-10-16-8-6-5-7-9-16/h5-9,12,14,25H,10-11H2,1-4H3/b19-12+. The first kappa shape index (κ1) is 22.8. The molecule has 1 N–H and O–H groups in total. The minimum atomic E-state index is -0.367. The molecule has 1 amide bonds. The van der Waals surface area contributed by atoms with E-state index in [1.165, 1.54) is 21.9 Å². The number of amides is 1. The Balaban J connectivity index is 2.03. The average molecular weight is 453 g/mol. The minimum Gasteiger partial charge on any atom is -0.371 e. The first-order valence-corrected chi connectivity index (χ1v) is 11.2. The molecule has 3 rings (SSSR count). The number of nitriles is 1. The molecule has 1 aliphatic heterocycles. The van der Waals surface area contributed by atoms with Crippen LogP contribution in [0.15, 0.2) is 40.0 Å². The second kappa shape index (κ2) is 9.50. The van der Waals surface area contributed by atoms with E-state index in [1.807, 2.05) is 50.2 Å². The van der Waals surface area contributed by atoms with Gasteiger partial charge >= 0.3 is 0 Å². The third-order valence-corrected chi connectivity index (χ3v) is 6.49. The lowest BCUT2D eigenvalue weighted by molar-refractivity contribution is -0.123. The van der Waals surface area contributed by atoms with Gasteiger partial charge in [0.2, 0.25) is 0 Å². The lowest BCUT2D eigenvalue weighted by atomic mass is 10.0. The van der Waals surface area contributed by atoms with Crippen LogP contribution in [0, 0.1) is 18.3 Å². The highest BCUT2D eigenvalue weighted by Crippen LogP contribution is 2.35. The molecule has 1 saturated heterocycles. The van der Waals surface area contributed by atoms with E-state index in [1.54, 1.807) is 24.9 Å². The fraction of sp³-hybridized carbons (Fsp3) is 0.304. The highest BCUT2D eigenvalue weighted by atomic mass is 32.2. The molecule has 8 heteroatoms. The maximum atomic E-state index is 12.9. The Kier molecular flexibility index (Phi) is 6.98. The molecule has 0 aliphatic carbocycles. The van der Waals surface area contributed by atoms with Crippen LogP contribution in [0.3, 0.4) is 0 Å². The Morgan fingerprint density at radius 3 is 2.52 bits per heavy atom. The Morgan fingerprint density at radius 2 is 1.94 bits per heavy atom. The van der Waals surface area contributed by atoms with Crippen molar-refractivity contribution in [1.82, 2.24) is 9.47 Å². The second-order valence-corrected chi connectivity index (χ2v) is 9.22. The lowest BCUT2D eigenvalue weighted by Crippen LogP contribution is -2.34. The molecule has 1 fully saturated rings. The molecule has 0 radical (unpaired) electrons. The molecule has 2 heterocycles. The van der Waals surface area contributed by atoms with Gasteiger partial charge in [-0.15, -0.1) is 0 Å². The van der Waals surface area contributed by atoms with Crippen molar-refractivity contribution in [3.63, 3.8) is 0 Å². The van der Waals surface area contributed by atoms with Crippen LogP contribution >= 0.6 is 24.0 Å². The summed E-state index contributed by atoms with van der Waals surface area (Å²) in [5.74, 6) is 0.416. The zero-order chi connectivity index (χ0) is 22.7. The maximum absolute atomic E-state index is 12.9. The first-order valence-electron chi connectivity index (χ1n) is 9.94. The van der Waals surface area contributed by atoms with Crippen LogP contribution in [-0.2, 0) is 18.3 Å². The fourth-order valence-corrected chi connectivity index (χ4v) is 4.98. The zero-order valence-corrected chi connectivity index (χ0v) is 19.6. The number of carbonyl (C=O) groups excluding carboxylic acids is 1. The molecule has 0 spiro atoms. The van der Waals surface area contributed by atoms with Crippen LogP contribution in [0.4, 0.5) is 5.82 Å². The monoisotopic (exact) mass is 452 g/mol. The fourth-order valence-electron chi connectivity index (χ4n) is 3.47. The molecule has 1 aromatic heterocycles. The van der Waals surface area contributed by atoms with Crippen molar-refractivity contribution in [3.8, 4) is 6.07 Å². The molecule has 0 saturated carbocycles. The molecule has 0 unspecified atom stereocenters. The van der Waals surface area contributed by atoms with Crippen LogP contribution in [0.1, 0.15) is 36.1 Å². The summed E-state index contributed by atoms with van der Waals surface area (Å²) < 4.78 is 1.94. The Bertz CT molecular complexity index is 1160. The smallest absolute Gasteiger partial charge is 0.270 e. The number of anilines is 1. The predicted octanol–water partition coefficient (Wildman–Crippen LogP) is 3.83. The second-order valence-electron chi connectivity index (χ2n) is 7.55. The quantitative estimate of drug-likeness (QED) is 0.530. The van der Waals surface area contributed by atoms with Crippen LogP contribution in [0.2, 0.25) is 0 Å². The number of nitrogens with zero attached hydrogens (tertiary/aromatic N) is 3. The number of thioether (sulfide) groups is 1. The van der Waals surface area contributed by atoms with Gasteiger partial charge in [-0.05, 0) is 44.4 Å². The van der Waals surface area contributed by atoms with E-state index < -0.39 is 0 Å². The van der Waals surface area contributed by atoms with Crippen LogP contribution in [0.25, 0.3) is 6.08 Å². The van der Waals surface area contributed by atoms with E-state index in [0.717, 1.165) is 6.42 Å². The van der Waals surface area contributed by atoms with Gasteiger partial charge < -0.3 is 5.32 Å². The van der Waals surface area contributed by atoms with Gasteiger partial charge in [0.05, 0.1) is 4.91 Å². The van der Waals surface area contributed by atoms with Crippen molar-refractivity contribution < 1.29 is 4.79 Å². The number of hydrogen-bond acceptors (Lipinski definition) is 6. The SMILES string of the molecule is Cc1c(/C=C2/SC(=S)N(C(C)C)C2=O)c(NCCc2ccccc2)n(C)c(=O)c1C#N. The van der Waals surface area contributed by atoms with Crippen LogP contribution in [-0.4, -0.2) is 32.3 Å². The summed E-state index contributed by atoms with van der Waals surface area (Å²) in [7, 11) is 1.63. The van der Waals surface area contributed by atoms with Gasteiger partial charge in [-0.25, -0.2) is 0 Å². The minimum absolute atomic E-state index is 0.0437. The van der Waals surface area contributed by atoms with E-state index in [-0.39, 0.29) is 23.1 Å². The van der Waals surface area contributed by atoms with Crippen molar-refractivity contribution in [1.29, 1.82) is 5.26 Å². The zero-order valence-electron chi connectivity index (χ0n) is 17.9. The van der Waals surface area contributed by atoms with E-state index in [2.05, 4.69) is 5.32 Å². The Labute approximate surface area is 191 Å². The van der Waals surface area contributed by atoms with Crippen molar-refractivity contribution >= 4 is 46.1 Å². The third kappa shape index (κ3) is 4.58. The van der Waals surface area contributed by atoms with E-state index in [0.29, 0.717) is 32.7 Å². The number of rotatable bonds is 6. The van der Waals surface area contributed by atoms with Gasteiger partial charge in [-0.1, -0.05) is 54.3 Å². The van der Waals surface area contributed by atoms with Crippen molar-refractivity contribution in [2.24, 2.45) is 7.05 Å². The topological polar surface area (TPSA) is 78.1 Å². The molecular weight excluding hydrogens is 428 g/mol. The molecule has 0 bridgehead atoms. The summed E-state index contributed by atoms with van der Waals surface area (Å²) >= 11 is 6.61. The highest BCUT2D eigenvalue weighted by molar-refractivity contribution is 8.26. The van der Waals surface area contributed by atoms with Crippen molar-refractivity contribution in [3.05, 3.63) is 67.8 Å². The summed E-state index contributed by atoms with van der Waals surface area (Å²) in [4.78, 5) is 27.6. The molecule has 0 atom stereocenters. The van der Waals surface area contributed by atoms with E-state index in [4.69, 9.17) is 12.2 Å². The number of carbonyl (C=O) groups is 1. The van der Waals surface area contributed by atoms with Crippen LogP contribution in [0.5, 0.6) is 0 Å². The van der Waals surface area contributed by atoms with Gasteiger partial charge in [-0.2, -0.15) is 5.26 Å². The summed E-state index contributed by atoms with van der Waals surface area (Å²) in [5, 5.41) is 12.9. The van der Waals surface area contributed by atoms with Gasteiger partial charge in [0.15, 0.2) is 0 Å². The largest absolute Gasteiger partial charge is 0.371 e. The molecule has 2 aromatic rings. The number of hydrogen-bond donors (Lipinski definition) is 1. The number of thiocarbonyl (C=S) groups is 1. The molecular formula is C23H24N4O2S2. The predicted molar refractivity (Wildman–Crippen MR) is 130 cm³/mol. The molecule has 1 aromatic carbocycles. The van der Waals surface area contributed by atoms with Gasteiger partial charge in [0.25, 0.3) is 11.5 Å². The highest BCUT2D eigenvalue weighted by Gasteiger charge is 2.34. The molecule has 6 nitrogen and oxygen atoms in total. The summed E-state index contributed by atoms with van der Waals surface area (Å²) in [5.41, 5.74) is 2.07. The van der Waals surface area contributed by atoms with Crippen molar-refractivity contribution in [2.75, 3.05) is 11.9 Å².